The Labute approximate surface area is 137 Å². The van der Waals surface area contributed by atoms with Crippen LogP contribution in [0.2, 0.25) is 0 Å². The molecule has 0 unspecified atom stereocenters. The molecule has 0 spiro atoms. The third-order valence-corrected chi connectivity index (χ3v) is 5.23. The van der Waals surface area contributed by atoms with Gasteiger partial charge in [0.05, 0.1) is 11.4 Å². The fourth-order valence-electron chi connectivity index (χ4n) is 3.76. The summed E-state index contributed by atoms with van der Waals surface area (Å²) in [6.45, 7) is 4.48. The largest absolute Gasteiger partial charge is 0.155 e. The van der Waals surface area contributed by atoms with Gasteiger partial charge in [-0.1, -0.05) is 58.8 Å². The summed E-state index contributed by atoms with van der Waals surface area (Å²) in [4.78, 5) is 0. The molecule has 0 atom stereocenters. The zero-order valence-corrected chi connectivity index (χ0v) is 14.7. The Bertz CT molecular complexity index is 391. The number of aryl methyl sites for hydroxylation is 1. The van der Waals surface area contributed by atoms with Crippen molar-refractivity contribution in [2.45, 2.75) is 96.8 Å². The molecule has 1 heterocycles. The molecule has 0 N–H and O–H groups in total. The SMILES string of the molecule is CCCCCCCC1CCC(c2ccc(CCC)nn2)CC1. The lowest BCUT2D eigenvalue weighted by Crippen LogP contribution is -2.15. The number of hydrogen-bond acceptors (Lipinski definition) is 2. The van der Waals surface area contributed by atoms with Crippen molar-refractivity contribution in [2.24, 2.45) is 5.92 Å². The molecule has 1 aliphatic rings. The van der Waals surface area contributed by atoms with Crippen LogP contribution in [0.1, 0.15) is 102 Å². The van der Waals surface area contributed by atoms with Crippen molar-refractivity contribution in [3.8, 4) is 0 Å². The van der Waals surface area contributed by atoms with Gasteiger partial charge in [-0.2, -0.15) is 10.2 Å². The average molecular weight is 303 g/mol. The molecule has 0 bridgehead atoms. The Morgan fingerprint density at radius 1 is 0.864 bits per heavy atom. The van der Waals surface area contributed by atoms with Crippen LogP contribution in [0.25, 0.3) is 0 Å². The Morgan fingerprint density at radius 3 is 2.27 bits per heavy atom. The molecule has 124 valence electrons. The maximum absolute atomic E-state index is 4.49. The maximum Gasteiger partial charge on any atom is 0.0662 e. The molecule has 1 aromatic rings. The highest BCUT2D eigenvalue weighted by Gasteiger charge is 2.23. The fraction of sp³-hybridized carbons (Fsp3) is 0.800. The van der Waals surface area contributed by atoms with Crippen molar-refractivity contribution in [2.75, 3.05) is 0 Å². The quantitative estimate of drug-likeness (QED) is 0.518. The number of rotatable bonds is 9. The Kier molecular flexibility index (Phi) is 7.90. The van der Waals surface area contributed by atoms with Crippen molar-refractivity contribution < 1.29 is 0 Å². The van der Waals surface area contributed by atoms with Crippen molar-refractivity contribution in [1.82, 2.24) is 10.2 Å². The summed E-state index contributed by atoms with van der Waals surface area (Å²) in [5, 5.41) is 8.88. The van der Waals surface area contributed by atoms with Crippen LogP contribution < -0.4 is 0 Å². The van der Waals surface area contributed by atoms with Crippen molar-refractivity contribution in [3.63, 3.8) is 0 Å². The van der Waals surface area contributed by atoms with Gasteiger partial charge in [0.15, 0.2) is 0 Å². The Hall–Kier alpha value is -0.920. The van der Waals surface area contributed by atoms with Gasteiger partial charge in [0, 0.05) is 5.92 Å². The molecule has 1 fully saturated rings. The molecular formula is C20H34N2. The average Bonchev–Trinajstić information content (AvgIpc) is 2.56. The minimum atomic E-state index is 0.666. The van der Waals surface area contributed by atoms with Gasteiger partial charge in [0.1, 0.15) is 0 Å². The molecule has 2 rings (SSSR count). The lowest BCUT2D eigenvalue weighted by Gasteiger charge is -2.28. The monoisotopic (exact) mass is 302 g/mol. The topological polar surface area (TPSA) is 25.8 Å². The van der Waals surface area contributed by atoms with Gasteiger partial charge in [-0.3, -0.25) is 0 Å². The maximum atomic E-state index is 4.49. The normalized spacial score (nSPS) is 21.9. The summed E-state index contributed by atoms with van der Waals surface area (Å²) in [6, 6.07) is 4.42. The summed E-state index contributed by atoms with van der Waals surface area (Å²) in [5.74, 6) is 1.64. The Balaban J connectivity index is 1.68. The van der Waals surface area contributed by atoms with E-state index in [1.165, 1.54) is 69.9 Å². The lowest BCUT2D eigenvalue weighted by atomic mass is 9.78. The van der Waals surface area contributed by atoms with Crippen molar-refractivity contribution >= 4 is 0 Å². The first-order valence-corrected chi connectivity index (χ1v) is 9.66. The zero-order valence-electron chi connectivity index (χ0n) is 14.7. The van der Waals surface area contributed by atoms with Crippen LogP contribution in [0.5, 0.6) is 0 Å². The van der Waals surface area contributed by atoms with Gasteiger partial charge in [0.25, 0.3) is 0 Å². The minimum absolute atomic E-state index is 0.666. The summed E-state index contributed by atoms with van der Waals surface area (Å²) in [7, 11) is 0. The van der Waals surface area contributed by atoms with Crippen LogP contribution in [0, 0.1) is 5.92 Å². The van der Waals surface area contributed by atoms with E-state index in [1.807, 2.05) is 0 Å². The molecule has 22 heavy (non-hydrogen) atoms. The highest BCUT2D eigenvalue weighted by atomic mass is 15.1. The molecule has 1 saturated carbocycles. The second kappa shape index (κ2) is 9.97. The summed E-state index contributed by atoms with van der Waals surface area (Å²) in [6.07, 6.45) is 16.2. The van der Waals surface area contributed by atoms with Gasteiger partial charge in [-0.05, 0) is 50.2 Å². The molecule has 0 saturated heterocycles. The van der Waals surface area contributed by atoms with E-state index in [1.54, 1.807) is 0 Å². The van der Waals surface area contributed by atoms with Crippen LogP contribution >= 0.6 is 0 Å². The molecule has 0 amide bonds. The van der Waals surface area contributed by atoms with E-state index in [9.17, 15) is 0 Å². The third kappa shape index (κ3) is 5.70. The van der Waals surface area contributed by atoms with Crippen LogP contribution in [0.15, 0.2) is 12.1 Å². The second-order valence-electron chi connectivity index (χ2n) is 7.12. The van der Waals surface area contributed by atoms with E-state index in [0.717, 1.165) is 24.5 Å². The minimum Gasteiger partial charge on any atom is -0.155 e. The third-order valence-electron chi connectivity index (χ3n) is 5.23. The summed E-state index contributed by atoms with van der Waals surface area (Å²) in [5.41, 5.74) is 2.38. The van der Waals surface area contributed by atoms with Gasteiger partial charge < -0.3 is 0 Å². The zero-order chi connectivity index (χ0) is 15.6. The number of hydrogen-bond donors (Lipinski definition) is 0. The number of unbranched alkanes of at least 4 members (excludes halogenated alkanes) is 4. The van der Waals surface area contributed by atoms with Gasteiger partial charge in [-0.15, -0.1) is 0 Å². The standard InChI is InChI=1S/C20H34N2/c1-3-5-6-7-8-10-17-11-13-18(14-12-17)20-16-15-19(9-4-2)21-22-20/h15-18H,3-14H2,1-2H3. The van der Waals surface area contributed by atoms with Gasteiger partial charge in [0.2, 0.25) is 0 Å². The van der Waals surface area contributed by atoms with E-state index in [0.29, 0.717) is 5.92 Å². The lowest BCUT2D eigenvalue weighted by molar-refractivity contribution is 0.298. The number of nitrogens with zero attached hydrogens (tertiary/aromatic N) is 2. The predicted octanol–water partition coefficient (Wildman–Crippen LogP) is 6.06. The van der Waals surface area contributed by atoms with Crippen LogP contribution in [-0.2, 0) is 6.42 Å². The highest BCUT2D eigenvalue weighted by molar-refractivity contribution is 5.12. The van der Waals surface area contributed by atoms with Crippen LogP contribution in [0.4, 0.5) is 0 Å². The van der Waals surface area contributed by atoms with Crippen molar-refractivity contribution in [3.05, 3.63) is 23.5 Å². The molecule has 0 aliphatic heterocycles. The molecule has 0 aromatic carbocycles. The van der Waals surface area contributed by atoms with E-state index in [-0.39, 0.29) is 0 Å². The van der Waals surface area contributed by atoms with Crippen LogP contribution in [0.3, 0.4) is 0 Å². The summed E-state index contributed by atoms with van der Waals surface area (Å²) >= 11 is 0. The predicted molar refractivity (Wildman–Crippen MR) is 94.1 cm³/mol. The highest BCUT2D eigenvalue weighted by Crippen LogP contribution is 2.36. The van der Waals surface area contributed by atoms with E-state index in [2.05, 4.69) is 36.2 Å². The second-order valence-corrected chi connectivity index (χ2v) is 7.12. The molecular weight excluding hydrogens is 268 g/mol. The fourth-order valence-corrected chi connectivity index (χ4v) is 3.76. The molecule has 1 aliphatic carbocycles. The van der Waals surface area contributed by atoms with Crippen molar-refractivity contribution in [1.29, 1.82) is 0 Å². The first-order valence-electron chi connectivity index (χ1n) is 9.66. The van der Waals surface area contributed by atoms with Gasteiger partial charge >= 0.3 is 0 Å². The van der Waals surface area contributed by atoms with E-state index >= 15 is 0 Å². The Morgan fingerprint density at radius 2 is 1.64 bits per heavy atom. The van der Waals surface area contributed by atoms with E-state index in [4.69, 9.17) is 0 Å². The molecule has 0 radical (unpaired) electrons. The summed E-state index contributed by atoms with van der Waals surface area (Å²) < 4.78 is 0. The first kappa shape index (κ1) is 17.4. The van der Waals surface area contributed by atoms with Gasteiger partial charge in [-0.25, -0.2) is 0 Å². The van der Waals surface area contributed by atoms with E-state index < -0.39 is 0 Å². The smallest absolute Gasteiger partial charge is 0.0662 e. The van der Waals surface area contributed by atoms with Crippen LogP contribution in [-0.4, -0.2) is 10.2 Å². The number of aromatic nitrogens is 2. The first-order chi connectivity index (χ1) is 10.8. The molecule has 1 aromatic heterocycles. The molecule has 2 nitrogen and oxygen atoms in total. The molecule has 2 heteroatoms.